The van der Waals surface area contributed by atoms with Crippen molar-refractivity contribution >= 4 is 16.5 Å². The fraction of sp³-hybridized carbons (Fsp3) is 0.833. The first-order valence-electron chi connectivity index (χ1n) is 9.30. The summed E-state index contributed by atoms with van der Waals surface area (Å²) in [6.45, 7) is 6.19. The molecule has 3 nitrogen and oxygen atoms in total. The van der Waals surface area contributed by atoms with Gasteiger partial charge in [-0.2, -0.15) is 0 Å². The molecular formula is C18H29N3S. The van der Waals surface area contributed by atoms with Gasteiger partial charge in [0.15, 0.2) is 5.13 Å². The average Bonchev–Trinajstić information content (AvgIpc) is 3.30. The van der Waals surface area contributed by atoms with Crippen LogP contribution in [0.2, 0.25) is 0 Å². The van der Waals surface area contributed by atoms with Gasteiger partial charge < -0.3 is 4.90 Å². The van der Waals surface area contributed by atoms with E-state index in [-0.39, 0.29) is 0 Å². The molecule has 1 saturated carbocycles. The highest BCUT2D eigenvalue weighted by atomic mass is 32.1. The van der Waals surface area contributed by atoms with Gasteiger partial charge in [-0.15, -0.1) is 11.3 Å². The highest BCUT2D eigenvalue weighted by Crippen LogP contribution is 2.36. The maximum atomic E-state index is 4.67. The topological polar surface area (TPSA) is 19.4 Å². The number of aromatic nitrogens is 1. The number of nitrogens with zero attached hydrogens (tertiary/aromatic N) is 3. The summed E-state index contributed by atoms with van der Waals surface area (Å²) < 4.78 is 0. The number of rotatable bonds is 4. The molecule has 1 aromatic rings. The van der Waals surface area contributed by atoms with Crippen LogP contribution < -0.4 is 4.90 Å². The number of hydrogen-bond acceptors (Lipinski definition) is 4. The fourth-order valence-electron chi connectivity index (χ4n) is 4.64. The van der Waals surface area contributed by atoms with E-state index in [0.717, 1.165) is 18.4 Å². The van der Waals surface area contributed by atoms with E-state index in [4.69, 9.17) is 0 Å². The zero-order valence-corrected chi connectivity index (χ0v) is 14.5. The van der Waals surface area contributed by atoms with Gasteiger partial charge in [-0.3, -0.25) is 4.90 Å². The van der Waals surface area contributed by atoms with Gasteiger partial charge in [-0.05, 0) is 37.6 Å². The van der Waals surface area contributed by atoms with E-state index in [2.05, 4.69) is 21.0 Å². The second-order valence-electron chi connectivity index (χ2n) is 7.49. The van der Waals surface area contributed by atoms with Crippen molar-refractivity contribution in [2.75, 3.05) is 31.1 Å². The van der Waals surface area contributed by atoms with Crippen molar-refractivity contribution in [3.63, 3.8) is 0 Å². The average molecular weight is 320 g/mol. The molecular weight excluding hydrogens is 290 g/mol. The summed E-state index contributed by atoms with van der Waals surface area (Å²) in [4.78, 5) is 11.3. The van der Waals surface area contributed by atoms with Crippen LogP contribution in [0.5, 0.6) is 0 Å². The Bertz CT molecular complexity index is 474. The monoisotopic (exact) mass is 319 g/mol. The minimum atomic E-state index is 0.978. The normalized spacial score (nSPS) is 27.8. The van der Waals surface area contributed by atoms with E-state index in [1.165, 1.54) is 87.6 Å². The van der Waals surface area contributed by atoms with Gasteiger partial charge in [-0.25, -0.2) is 4.98 Å². The van der Waals surface area contributed by atoms with E-state index in [9.17, 15) is 0 Å². The van der Waals surface area contributed by atoms with Gasteiger partial charge in [-0.1, -0.05) is 32.1 Å². The summed E-state index contributed by atoms with van der Waals surface area (Å²) in [7, 11) is 0. The van der Waals surface area contributed by atoms with E-state index >= 15 is 0 Å². The van der Waals surface area contributed by atoms with Gasteiger partial charge in [0, 0.05) is 37.3 Å². The molecule has 1 unspecified atom stereocenters. The summed E-state index contributed by atoms with van der Waals surface area (Å²) in [5.74, 6) is 2.01. The van der Waals surface area contributed by atoms with Crippen molar-refractivity contribution in [2.45, 2.75) is 57.9 Å². The first-order chi connectivity index (χ1) is 10.9. The molecule has 0 aromatic carbocycles. The number of likely N-dealkylation sites (tertiary alicyclic amines) is 1. The summed E-state index contributed by atoms with van der Waals surface area (Å²) in [5.41, 5.74) is 0. The van der Waals surface area contributed by atoms with Gasteiger partial charge >= 0.3 is 0 Å². The lowest BCUT2D eigenvalue weighted by Crippen LogP contribution is -2.23. The lowest BCUT2D eigenvalue weighted by atomic mass is 9.80. The predicted molar refractivity (Wildman–Crippen MR) is 93.5 cm³/mol. The summed E-state index contributed by atoms with van der Waals surface area (Å²) in [6, 6.07) is 0. The highest BCUT2D eigenvalue weighted by molar-refractivity contribution is 7.15. The minimum Gasteiger partial charge on any atom is -0.348 e. The Morgan fingerprint density at radius 3 is 2.59 bits per heavy atom. The zero-order chi connectivity index (χ0) is 14.8. The smallest absolute Gasteiger partial charge is 0.185 e. The Balaban J connectivity index is 1.30. The highest BCUT2D eigenvalue weighted by Gasteiger charge is 2.30. The van der Waals surface area contributed by atoms with Crippen molar-refractivity contribution < 1.29 is 0 Å². The maximum absolute atomic E-state index is 4.67. The second kappa shape index (κ2) is 6.88. The molecule has 0 N–H and O–H groups in total. The fourth-order valence-corrected chi connectivity index (χ4v) is 5.65. The molecule has 1 atom stereocenters. The summed E-state index contributed by atoms with van der Waals surface area (Å²) in [6.07, 6.45) is 13.7. The van der Waals surface area contributed by atoms with E-state index < -0.39 is 0 Å². The molecule has 1 aliphatic carbocycles. The van der Waals surface area contributed by atoms with Crippen LogP contribution in [0, 0.1) is 11.8 Å². The van der Waals surface area contributed by atoms with Gasteiger partial charge in [0.25, 0.3) is 0 Å². The van der Waals surface area contributed by atoms with E-state index in [1.54, 1.807) is 0 Å². The molecule has 0 spiro atoms. The lowest BCUT2D eigenvalue weighted by molar-refractivity contribution is 0.235. The van der Waals surface area contributed by atoms with Crippen molar-refractivity contribution in [2.24, 2.45) is 11.8 Å². The van der Waals surface area contributed by atoms with E-state index in [1.807, 2.05) is 11.3 Å². The Morgan fingerprint density at radius 2 is 1.77 bits per heavy atom. The maximum Gasteiger partial charge on any atom is 0.185 e. The Hall–Kier alpha value is -0.610. The molecule has 2 aliphatic heterocycles. The summed E-state index contributed by atoms with van der Waals surface area (Å²) in [5, 5.41) is 1.26. The van der Waals surface area contributed by atoms with Crippen LogP contribution in [-0.2, 0) is 6.54 Å². The Labute approximate surface area is 138 Å². The van der Waals surface area contributed by atoms with Crippen LogP contribution in [0.3, 0.4) is 0 Å². The first kappa shape index (κ1) is 14.9. The first-order valence-corrected chi connectivity index (χ1v) is 10.1. The SMILES string of the molecule is c1nc(N2CCCC2)sc1CN1CCC(C2CCCCC2)C1. The van der Waals surface area contributed by atoms with E-state index in [0.29, 0.717) is 0 Å². The molecule has 1 aromatic heterocycles. The molecule has 122 valence electrons. The number of anilines is 1. The number of thiazole rings is 1. The van der Waals surface area contributed by atoms with Gasteiger partial charge in [0.2, 0.25) is 0 Å². The second-order valence-corrected chi connectivity index (χ2v) is 8.58. The van der Waals surface area contributed by atoms with Crippen molar-refractivity contribution in [1.29, 1.82) is 0 Å². The van der Waals surface area contributed by atoms with Crippen molar-refractivity contribution in [1.82, 2.24) is 9.88 Å². The molecule has 3 fully saturated rings. The van der Waals surface area contributed by atoms with Crippen LogP contribution in [0.1, 0.15) is 56.2 Å². The zero-order valence-electron chi connectivity index (χ0n) is 13.7. The van der Waals surface area contributed by atoms with Crippen LogP contribution in [0.15, 0.2) is 6.20 Å². The van der Waals surface area contributed by atoms with Gasteiger partial charge in [0.05, 0.1) is 0 Å². The molecule has 3 aliphatic rings. The third kappa shape index (κ3) is 3.33. The standard InChI is InChI=1S/C18H29N3S/c1-2-6-15(7-3-1)16-8-11-20(13-16)14-17-12-19-18(22-17)21-9-4-5-10-21/h12,15-16H,1-11,13-14H2. The molecule has 4 rings (SSSR count). The quantitative estimate of drug-likeness (QED) is 0.831. The summed E-state index contributed by atoms with van der Waals surface area (Å²) >= 11 is 1.93. The van der Waals surface area contributed by atoms with Crippen LogP contribution in [0.25, 0.3) is 0 Å². The predicted octanol–water partition coefficient (Wildman–Crippen LogP) is 4.15. The molecule has 3 heterocycles. The van der Waals surface area contributed by atoms with Crippen LogP contribution in [0.4, 0.5) is 5.13 Å². The van der Waals surface area contributed by atoms with Crippen molar-refractivity contribution in [3.05, 3.63) is 11.1 Å². The third-order valence-electron chi connectivity index (χ3n) is 5.92. The lowest BCUT2D eigenvalue weighted by Gasteiger charge is -2.27. The largest absolute Gasteiger partial charge is 0.348 e. The molecule has 0 radical (unpaired) electrons. The van der Waals surface area contributed by atoms with Gasteiger partial charge in [0.1, 0.15) is 0 Å². The minimum absolute atomic E-state index is 0.978. The molecule has 22 heavy (non-hydrogen) atoms. The number of hydrogen-bond donors (Lipinski definition) is 0. The molecule has 4 heteroatoms. The van der Waals surface area contributed by atoms with Crippen LogP contribution >= 0.6 is 11.3 Å². The van der Waals surface area contributed by atoms with Crippen molar-refractivity contribution in [3.8, 4) is 0 Å². The Kier molecular flexibility index (Phi) is 4.67. The molecule has 0 bridgehead atoms. The van der Waals surface area contributed by atoms with Crippen LogP contribution in [-0.4, -0.2) is 36.1 Å². The molecule has 0 amide bonds. The third-order valence-corrected chi connectivity index (χ3v) is 6.97. The Morgan fingerprint density at radius 1 is 0.955 bits per heavy atom. The molecule has 2 saturated heterocycles.